The minimum absolute atomic E-state index is 0.360. The Balaban J connectivity index is 2.57. The molecule has 0 spiro atoms. The summed E-state index contributed by atoms with van der Waals surface area (Å²) in [6, 6.07) is 0.766. The SMILES string of the molecule is C[CH]C(C)(C)CC(CC(C)(C)CCCCCCC)N1CCCCC1. The Bertz CT molecular complexity index is 312. The predicted molar refractivity (Wildman–Crippen MR) is 109 cm³/mol. The summed E-state index contributed by atoms with van der Waals surface area (Å²) in [4.78, 5) is 2.83. The number of likely N-dealkylation sites (tertiary alicyclic amines) is 1. The molecule has 1 radical (unpaired) electrons. The second-order valence-corrected chi connectivity index (χ2v) is 9.76. The van der Waals surface area contributed by atoms with Crippen molar-refractivity contribution in [2.45, 2.75) is 118 Å². The smallest absolute Gasteiger partial charge is 0.0105 e. The number of piperidine rings is 1. The molecular formula is C23H46N. The van der Waals surface area contributed by atoms with E-state index in [1.165, 1.54) is 83.7 Å². The maximum Gasteiger partial charge on any atom is 0.0105 e. The van der Waals surface area contributed by atoms with Gasteiger partial charge in [0.2, 0.25) is 0 Å². The third-order valence-corrected chi connectivity index (χ3v) is 6.20. The van der Waals surface area contributed by atoms with Gasteiger partial charge in [0.05, 0.1) is 0 Å². The standard InChI is InChI=1S/C23H46N/c1-7-9-10-11-13-16-23(5,6)20-21(19-22(3,4)8-2)24-17-14-12-15-18-24/h8,21H,7,9-20H2,1-6H3. The van der Waals surface area contributed by atoms with Crippen molar-refractivity contribution < 1.29 is 0 Å². The van der Waals surface area contributed by atoms with Crippen molar-refractivity contribution in [2.24, 2.45) is 10.8 Å². The first-order valence-corrected chi connectivity index (χ1v) is 10.8. The van der Waals surface area contributed by atoms with E-state index in [2.05, 4.69) is 52.9 Å². The number of rotatable bonds is 12. The second-order valence-electron chi connectivity index (χ2n) is 9.76. The van der Waals surface area contributed by atoms with Crippen molar-refractivity contribution >= 4 is 0 Å². The maximum atomic E-state index is 2.83. The Labute approximate surface area is 154 Å². The van der Waals surface area contributed by atoms with Gasteiger partial charge in [0.1, 0.15) is 0 Å². The molecule has 1 saturated heterocycles. The van der Waals surface area contributed by atoms with Crippen LogP contribution in [0.1, 0.15) is 112 Å². The lowest BCUT2D eigenvalue weighted by atomic mass is 9.74. The number of hydrogen-bond donors (Lipinski definition) is 0. The summed E-state index contributed by atoms with van der Waals surface area (Å²) in [6.07, 6.45) is 17.8. The van der Waals surface area contributed by atoms with E-state index >= 15 is 0 Å². The number of unbranched alkanes of at least 4 members (excludes halogenated alkanes) is 4. The molecular weight excluding hydrogens is 290 g/mol. The van der Waals surface area contributed by atoms with E-state index in [1.54, 1.807) is 0 Å². The monoisotopic (exact) mass is 336 g/mol. The van der Waals surface area contributed by atoms with E-state index in [0.29, 0.717) is 10.8 Å². The molecule has 0 aromatic rings. The van der Waals surface area contributed by atoms with E-state index in [9.17, 15) is 0 Å². The lowest BCUT2D eigenvalue weighted by Crippen LogP contribution is -2.43. The van der Waals surface area contributed by atoms with Crippen LogP contribution >= 0.6 is 0 Å². The van der Waals surface area contributed by atoms with Crippen LogP contribution in [0.25, 0.3) is 0 Å². The first-order valence-electron chi connectivity index (χ1n) is 10.8. The molecule has 1 aliphatic rings. The fourth-order valence-electron chi connectivity index (χ4n) is 4.29. The van der Waals surface area contributed by atoms with Gasteiger partial charge < -0.3 is 4.90 Å². The van der Waals surface area contributed by atoms with Crippen molar-refractivity contribution in [3.8, 4) is 0 Å². The molecule has 1 nitrogen and oxygen atoms in total. The molecule has 0 aromatic heterocycles. The summed E-state index contributed by atoms with van der Waals surface area (Å²) >= 11 is 0. The van der Waals surface area contributed by atoms with Gasteiger partial charge in [0.15, 0.2) is 0 Å². The molecule has 1 aliphatic heterocycles. The molecule has 1 unspecified atom stereocenters. The van der Waals surface area contributed by atoms with E-state index < -0.39 is 0 Å². The molecule has 0 bridgehead atoms. The summed E-state index contributed by atoms with van der Waals surface area (Å²) in [6.45, 7) is 17.1. The van der Waals surface area contributed by atoms with Crippen molar-refractivity contribution in [3.63, 3.8) is 0 Å². The fraction of sp³-hybridized carbons (Fsp3) is 0.957. The van der Waals surface area contributed by atoms with Crippen LogP contribution < -0.4 is 0 Å². The molecule has 0 saturated carbocycles. The van der Waals surface area contributed by atoms with Crippen LogP contribution in [0.15, 0.2) is 0 Å². The Morgan fingerprint density at radius 1 is 0.875 bits per heavy atom. The lowest BCUT2D eigenvalue weighted by Gasteiger charge is -2.42. The fourth-order valence-corrected chi connectivity index (χ4v) is 4.29. The van der Waals surface area contributed by atoms with Crippen molar-refractivity contribution in [1.29, 1.82) is 0 Å². The van der Waals surface area contributed by atoms with Crippen LogP contribution in [-0.2, 0) is 0 Å². The summed E-state index contributed by atoms with van der Waals surface area (Å²) in [5.74, 6) is 0. The third-order valence-electron chi connectivity index (χ3n) is 6.20. The van der Waals surface area contributed by atoms with Crippen LogP contribution in [0, 0.1) is 17.3 Å². The largest absolute Gasteiger partial charge is 0.300 e. The summed E-state index contributed by atoms with van der Waals surface area (Å²) in [5.41, 5.74) is 0.845. The maximum absolute atomic E-state index is 2.83. The van der Waals surface area contributed by atoms with Crippen LogP contribution in [0.3, 0.4) is 0 Å². The average Bonchev–Trinajstić information content (AvgIpc) is 2.54. The molecule has 1 fully saturated rings. The van der Waals surface area contributed by atoms with Gasteiger partial charge in [-0.2, -0.15) is 0 Å². The number of nitrogens with zero attached hydrogens (tertiary/aromatic N) is 1. The van der Waals surface area contributed by atoms with Gasteiger partial charge in [0, 0.05) is 6.04 Å². The van der Waals surface area contributed by atoms with Gasteiger partial charge in [0.25, 0.3) is 0 Å². The minimum Gasteiger partial charge on any atom is -0.300 e. The topological polar surface area (TPSA) is 3.24 Å². The molecule has 1 atom stereocenters. The highest BCUT2D eigenvalue weighted by Gasteiger charge is 2.31. The van der Waals surface area contributed by atoms with Gasteiger partial charge in [-0.15, -0.1) is 0 Å². The molecule has 0 amide bonds. The average molecular weight is 337 g/mol. The van der Waals surface area contributed by atoms with Gasteiger partial charge in [-0.1, -0.05) is 80.1 Å². The molecule has 0 aromatic carbocycles. The molecule has 0 N–H and O–H groups in total. The Morgan fingerprint density at radius 2 is 1.50 bits per heavy atom. The highest BCUT2D eigenvalue weighted by molar-refractivity contribution is 4.90. The van der Waals surface area contributed by atoms with Crippen LogP contribution in [0.5, 0.6) is 0 Å². The zero-order valence-electron chi connectivity index (χ0n) is 17.8. The molecule has 24 heavy (non-hydrogen) atoms. The molecule has 1 heterocycles. The predicted octanol–water partition coefficient (Wildman–Crippen LogP) is 7.26. The summed E-state index contributed by atoms with van der Waals surface area (Å²) in [5, 5.41) is 0. The van der Waals surface area contributed by atoms with Crippen LogP contribution in [0.2, 0.25) is 0 Å². The molecule has 143 valence electrons. The van der Waals surface area contributed by atoms with Crippen molar-refractivity contribution in [1.82, 2.24) is 4.90 Å². The van der Waals surface area contributed by atoms with Crippen molar-refractivity contribution in [3.05, 3.63) is 6.42 Å². The Kier molecular flexibility index (Phi) is 9.94. The second kappa shape index (κ2) is 10.8. The highest BCUT2D eigenvalue weighted by Crippen LogP contribution is 2.37. The Morgan fingerprint density at radius 3 is 2.08 bits per heavy atom. The van der Waals surface area contributed by atoms with Crippen LogP contribution in [-0.4, -0.2) is 24.0 Å². The first-order chi connectivity index (χ1) is 11.3. The zero-order chi connectivity index (χ0) is 18.1. The van der Waals surface area contributed by atoms with Gasteiger partial charge in [-0.05, 0) is 62.4 Å². The van der Waals surface area contributed by atoms with Crippen molar-refractivity contribution in [2.75, 3.05) is 13.1 Å². The summed E-state index contributed by atoms with van der Waals surface area (Å²) in [7, 11) is 0. The Hall–Kier alpha value is -0.0400. The van der Waals surface area contributed by atoms with Gasteiger partial charge in [-0.3, -0.25) is 0 Å². The van der Waals surface area contributed by atoms with Gasteiger partial charge in [-0.25, -0.2) is 0 Å². The third kappa shape index (κ3) is 8.88. The summed E-state index contributed by atoms with van der Waals surface area (Å²) < 4.78 is 0. The van der Waals surface area contributed by atoms with E-state index in [4.69, 9.17) is 0 Å². The quantitative estimate of drug-likeness (QED) is 0.339. The highest BCUT2D eigenvalue weighted by atomic mass is 15.2. The van der Waals surface area contributed by atoms with Crippen LogP contribution in [0.4, 0.5) is 0 Å². The normalized spacial score (nSPS) is 18.8. The molecule has 0 aliphatic carbocycles. The van der Waals surface area contributed by atoms with Gasteiger partial charge >= 0.3 is 0 Å². The first kappa shape index (κ1) is 22.0. The van der Waals surface area contributed by atoms with E-state index in [-0.39, 0.29) is 0 Å². The molecule has 1 heteroatoms. The zero-order valence-corrected chi connectivity index (χ0v) is 17.8. The van der Waals surface area contributed by atoms with E-state index in [1.807, 2.05) is 0 Å². The number of hydrogen-bond acceptors (Lipinski definition) is 1. The lowest BCUT2D eigenvalue weighted by molar-refractivity contribution is 0.0864. The molecule has 1 rings (SSSR count). The van der Waals surface area contributed by atoms with E-state index in [0.717, 1.165) is 6.04 Å². The minimum atomic E-state index is 0.360.